The van der Waals surface area contributed by atoms with E-state index in [0.717, 1.165) is 30.5 Å². The Morgan fingerprint density at radius 3 is 2.16 bits per heavy atom. The van der Waals surface area contributed by atoms with Gasteiger partial charge in [-0.1, -0.05) is 68.8 Å². The molecule has 0 spiro atoms. The number of benzene rings is 2. The van der Waals surface area contributed by atoms with Gasteiger partial charge in [0.1, 0.15) is 0 Å². The van der Waals surface area contributed by atoms with Crippen molar-refractivity contribution >= 4 is 5.97 Å². The number of aromatic nitrogens is 2. The lowest BCUT2D eigenvalue weighted by Gasteiger charge is -2.16. The minimum Gasteiger partial charge on any atom is -0.465 e. The molecular weight excluding hydrogens is 404 g/mol. The van der Waals surface area contributed by atoms with Crippen LogP contribution in [-0.2, 0) is 16.1 Å². The summed E-state index contributed by atoms with van der Waals surface area (Å²) < 4.78 is 8.08. The highest BCUT2D eigenvalue weighted by molar-refractivity contribution is 5.71. The average Bonchev–Trinajstić information content (AvgIpc) is 2.80. The van der Waals surface area contributed by atoms with Gasteiger partial charge in [0.2, 0.25) is 0 Å². The van der Waals surface area contributed by atoms with E-state index in [1.54, 1.807) is 4.57 Å². The molecule has 3 rings (SSSR count). The van der Waals surface area contributed by atoms with E-state index in [9.17, 15) is 14.4 Å². The van der Waals surface area contributed by atoms with E-state index in [1.165, 1.54) is 10.6 Å². The molecule has 6 nitrogen and oxygen atoms in total. The number of hydrogen-bond acceptors (Lipinski definition) is 4. The van der Waals surface area contributed by atoms with Crippen LogP contribution >= 0.6 is 0 Å². The summed E-state index contributed by atoms with van der Waals surface area (Å²) in [6, 6.07) is 20.4. The van der Waals surface area contributed by atoms with Crippen molar-refractivity contribution in [2.24, 2.45) is 5.92 Å². The highest BCUT2D eigenvalue weighted by Gasteiger charge is 2.14. The fraction of sp³-hybridized carbons (Fsp3) is 0.346. The van der Waals surface area contributed by atoms with Gasteiger partial charge >= 0.3 is 11.7 Å². The van der Waals surface area contributed by atoms with Crippen LogP contribution in [0.25, 0.3) is 16.9 Å². The van der Waals surface area contributed by atoms with Crippen LogP contribution in [0.15, 0.2) is 76.3 Å². The second-order valence-electron chi connectivity index (χ2n) is 8.08. The van der Waals surface area contributed by atoms with Crippen LogP contribution in [-0.4, -0.2) is 21.7 Å². The number of rotatable bonds is 10. The van der Waals surface area contributed by atoms with Gasteiger partial charge in [0.25, 0.3) is 5.56 Å². The zero-order valence-corrected chi connectivity index (χ0v) is 18.7. The summed E-state index contributed by atoms with van der Waals surface area (Å²) in [7, 11) is 0. The predicted octanol–water partition coefficient (Wildman–Crippen LogP) is 4.43. The summed E-state index contributed by atoms with van der Waals surface area (Å²) in [4.78, 5) is 37.6. The van der Waals surface area contributed by atoms with Crippen molar-refractivity contribution in [1.82, 2.24) is 9.13 Å². The Labute approximate surface area is 188 Å². The van der Waals surface area contributed by atoms with Crippen LogP contribution in [0.1, 0.15) is 39.5 Å². The number of carbonyl (C=O) groups excluding carboxylic acids is 1. The number of nitrogens with zero attached hydrogens (tertiary/aromatic N) is 2. The van der Waals surface area contributed by atoms with E-state index in [0.29, 0.717) is 25.3 Å². The van der Waals surface area contributed by atoms with Gasteiger partial charge < -0.3 is 4.74 Å². The van der Waals surface area contributed by atoms with Crippen molar-refractivity contribution in [3.63, 3.8) is 0 Å². The predicted molar refractivity (Wildman–Crippen MR) is 126 cm³/mol. The quantitative estimate of drug-likeness (QED) is 0.350. The highest BCUT2D eigenvalue weighted by Crippen LogP contribution is 2.19. The van der Waals surface area contributed by atoms with Gasteiger partial charge in [-0.3, -0.25) is 18.7 Å². The van der Waals surface area contributed by atoms with Crippen LogP contribution < -0.4 is 11.2 Å². The van der Waals surface area contributed by atoms with Gasteiger partial charge in [-0.15, -0.1) is 0 Å². The summed E-state index contributed by atoms with van der Waals surface area (Å²) in [6.45, 7) is 4.38. The Morgan fingerprint density at radius 2 is 1.50 bits per heavy atom. The third kappa shape index (κ3) is 5.84. The molecule has 1 heterocycles. The Balaban J connectivity index is 1.75. The van der Waals surface area contributed by atoms with E-state index in [-0.39, 0.29) is 23.1 Å². The van der Waals surface area contributed by atoms with E-state index in [1.807, 2.05) is 74.5 Å². The molecule has 0 aliphatic rings. The molecule has 3 aromatic rings. The lowest BCUT2D eigenvalue weighted by molar-refractivity contribution is -0.147. The van der Waals surface area contributed by atoms with E-state index >= 15 is 0 Å². The number of para-hydroxylation sites is 1. The first-order valence-corrected chi connectivity index (χ1v) is 11.1. The van der Waals surface area contributed by atoms with Gasteiger partial charge in [0.05, 0.1) is 23.9 Å². The van der Waals surface area contributed by atoms with Crippen LogP contribution in [0.5, 0.6) is 0 Å². The van der Waals surface area contributed by atoms with Gasteiger partial charge in [-0.25, -0.2) is 4.79 Å². The smallest absolute Gasteiger partial charge is 0.336 e. The average molecular weight is 435 g/mol. The normalized spacial score (nSPS) is 11.0. The van der Waals surface area contributed by atoms with E-state index < -0.39 is 0 Å². The van der Waals surface area contributed by atoms with Crippen LogP contribution in [0.2, 0.25) is 0 Å². The third-order valence-electron chi connectivity index (χ3n) is 5.27. The topological polar surface area (TPSA) is 70.3 Å². The monoisotopic (exact) mass is 434 g/mol. The zero-order valence-electron chi connectivity index (χ0n) is 18.7. The molecule has 0 bridgehead atoms. The molecular formula is C26H30N2O4. The first-order chi connectivity index (χ1) is 15.5. The maximum Gasteiger partial charge on any atom is 0.336 e. The van der Waals surface area contributed by atoms with Gasteiger partial charge in [-0.2, -0.15) is 0 Å². The van der Waals surface area contributed by atoms with Crippen molar-refractivity contribution in [2.75, 3.05) is 6.61 Å². The van der Waals surface area contributed by atoms with Crippen LogP contribution in [0.4, 0.5) is 0 Å². The summed E-state index contributed by atoms with van der Waals surface area (Å²) >= 11 is 0. The standard InChI is InChI=1S/C26H30N2O4/c1-20(2)25(30)32-18-12-4-3-11-17-27-24(29)19-23(21-13-7-5-8-14-21)28(26(27)31)22-15-9-6-10-16-22/h5-10,13-16,19-20H,3-4,11-12,17-18H2,1-2H3. The second kappa shape index (κ2) is 11.3. The van der Waals surface area contributed by atoms with Crippen molar-refractivity contribution in [3.8, 4) is 16.9 Å². The minimum atomic E-state index is -0.339. The van der Waals surface area contributed by atoms with Crippen molar-refractivity contribution in [3.05, 3.63) is 87.6 Å². The molecule has 0 aliphatic carbocycles. The number of carbonyl (C=O) groups is 1. The molecule has 0 radical (unpaired) electrons. The summed E-state index contributed by atoms with van der Waals surface area (Å²) in [5.74, 6) is -0.302. The molecule has 0 saturated heterocycles. The van der Waals surface area contributed by atoms with Crippen LogP contribution in [0, 0.1) is 5.92 Å². The Hall–Kier alpha value is -3.41. The van der Waals surface area contributed by atoms with Gasteiger partial charge in [0.15, 0.2) is 0 Å². The maximum absolute atomic E-state index is 13.4. The molecule has 0 atom stereocenters. The van der Waals surface area contributed by atoms with Crippen molar-refractivity contribution < 1.29 is 9.53 Å². The first-order valence-electron chi connectivity index (χ1n) is 11.1. The molecule has 0 amide bonds. The molecule has 1 aromatic heterocycles. The summed E-state index contributed by atoms with van der Waals surface area (Å²) in [5.41, 5.74) is 1.47. The minimum absolute atomic E-state index is 0.118. The molecule has 6 heteroatoms. The maximum atomic E-state index is 13.4. The molecule has 0 unspecified atom stereocenters. The fourth-order valence-corrected chi connectivity index (χ4v) is 3.50. The van der Waals surface area contributed by atoms with Crippen molar-refractivity contribution in [1.29, 1.82) is 0 Å². The summed E-state index contributed by atoms with van der Waals surface area (Å²) in [6.07, 6.45) is 3.19. The molecule has 168 valence electrons. The number of hydrogen-bond donors (Lipinski definition) is 0. The third-order valence-corrected chi connectivity index (χ3v) is 5.27. The lowest BCUT2D eigenvalue weighted by atomic mass is 10.1. The molecule has 32 heavy (non-hydrogen) atoms. The number of ether oxygens (including phenoxy) is 1. The molecule has 0 fully saturated rings. The largest absolute Gasteiger partial charge is 0.465 e. The molecule has 0 saturated carbocycles. The highest BCUT2D eigenvalue weighted by atomic mass is 16.5. The van der Waals surface area contributed by atoms with E-state index in [4.69, 9.17) is 4.74 Å². The first kappa shape index (κ1) is 23.3. The Bertz CT molecular complexity index is 1130. The fourth-order valence-electron chi connectivity index (χ4n) is 3.50. The Kier molecular flexibility index (Phi) is 8.20. The van der Waals surface area contributed by atoms with Gasteiger partial charge in [-0.05, 0) is 37.0 Å². The SMILES string of the molecule is CC(C)C(=O)OCCCCCCn1c(=O)cc(-c2ccccc2)n(-c2ccccc2)c1=O. The van der Waals surface area contributed by atoms with E-state index in [2.05, 4.69) is 0 Å². The number of unbranched alkanes of at least 4 members (excludes halogenated alkanes) is 3. The van der Waals surface area contributed by atoms with Gasteiger partial charge in [0, 0.05) is 12.6 Å². The lowest BCUT2D eigenvalue weighted by Crippen LogP contribution is -2.39. The molecule has 0 N–H and O–H groups in total. The second-order valence-corrected chi connectivity index (χ2v) is 8.08. The molecule has 2 aromatic carbocycles. The summed E-state index contributed by atoms with van der Waals surface area (Å²) in [5, 5.41) is 0. The number of esters is 1. The molecule has 0 aliphatic heterocycles. The Morgan fingerprint density at radius 1 is 0.875 bits per heavy atom. The van der Waals surface area contributed by atoms with Crippen molar-refractivity contribution in [2.45, 2.75) is 46.1 Å². The zero-order chi connectivity index (χ0) is 22.9. The van der Waals surface area contributed by atoms with Crippen LogP contribution in [0.3, 0.4) is 0 Å².